The van der Waals surface area contributed by atoms with Crippen LogP contribution in [0.15, 0.2) is 152 Å². The first-order chi connectivity index (χ1) is 27.1. The molecule has 0 spiro atoms. The molecule has 0 saturated heterocycles. The minimum absolute atomic E-state index is 0.487. The number of nitriles is 1. The highest BCUT2D eigenvalue weighted by Gasteiger charge is 2.20. The molecule has 7 heteroatoms. The molecule has 0 aliphatic heterocycles. The van der Waals surface area contributed by atoms with Crippen LogP contribution in [-0.2, 0) is 0 Å². The zero-order chi connectivity index (χ0) is 36.8. The van der Waals surface area contributed by atoms with Gasteiger partial charge in [-0.1, -0.05) is 84.9 Å². The smallest absolute Gasteiger partial charge is 0.164 e. The Balaban J connectivity index is 1.24. The van der Waals surface area contributed by atoms with Crippen molar-refractivity contribution < 1.29 is 0 Å². The summed E-state index contributed by atoms with van der Waals surface area (Å²) in [7, 11) is 0. The van der Waals surface area contributed by atoms with Gasteiger partial charge in [0.2, 0.25) is 0 Å². The number of hydrogen-bond donors (Lipinski definition) is 0. The van der Waals surface area contributed by atoms with Gasteiger partial charge in [0.05, 0.1) is 44.7 Å². The van der Waals surface area contributed by atoms with Crippen molar-refractivity contribution in [1.82, 2.24) is 28.7 Å². The number of para-hydroxylation sites is 4. The Morgan fingerprint density at radius 3 is 1.20 bits per heavy atom. The normalized spacial score (nSPS) is 11.8. The first-order valence-electron chi connectivity index (χ1n) is 18.4. The zero-order valence-electron chi connectivity index (χ0n) is 30.1. The fraction of sp³-hybridized carbons (Fsp3) is 0.0417. The highest BCUT2D eigenvalue weighted by Crippen LogP contribution is 2.40. The number of aromatic nitrogens is 6. The van der Waals surface area contributed by atoms with Crippen LogP contribution < -0.4 is 0 Å². The first kappa shape index (κ1) is 31.0. The summed E-state index contributed by atoms with van der Waals surface area (Å²) in [5.74, 6) is 1.71. The average Bonchev–Trinajstić information content (AvgIpc) is 3.85. The number of rotatable bonds is 4. The Kier molecular flexibility index (Phi) is 6.61. The minimum Gasteiger partial charge on any atom is -0.309 e. The van der Waals surface area contributed by atoms with E-state index in [0.29, 0.717) is 28.6 Å². The van der Waals surface area contributed by atoms with Gasteiger partial charge in [-0.2, -0.15) is 5.26 Å². The van der Waals surface area contributed by atoms with Crippen LogP contribution in [0.3, 0.4) is 0 Å². The zero-order valence-corrected chi connectivity index (χ0v) is 30.1. The van der Waals surface area contributed by atoms with E-state index in [-0.39, 0.29) is 0 Å². The molecule has 7 aromatic carbocycles. The predicted molar refractivity (Wildman–Crippen MR) is 222 cm³/mol. The summed E-state index contributed by atoms with van der Waals surface area (Å²) in [4.78, 5) is 13.8. The molecule has 4 heterocycles. The molecule has 258 valence electrons. The van der Waals surface area contributed by atoms with Crippen LogP contribution in [0.5, 0.6) is 0 Å². The molecular formula is C48H31N7. The molecular weight excluding hydrogens is 675 g/mol. The van der Waals surface area contributed by atoms with Crippen LogP contribution in [0.4, 0.5) is 0 Å². The summed E-state index contributed by atoms with van der Waals surface area (Å²) in [6, 6.07) is 56.3. The van der Waals surface area contributed by atoms with E-state index >= 15 is 0 Å². The lowest BCUT2D eigenvalue weighted by Crippen LogP contribution is -2.02. The molecule has 0 saturated carbocycles. The van der Waals surface area contributed by atoms with Crippen molar-refractivity contribution in [1.29, 1.82) is 5.26 Å². The molecule has 0 N–H and O–H groups in total. The maximum atomic E-state index is 10.3. The molecule has 0 radical (unpaired) electrons. The van der Waals surface area contributed by atoms with E-state index < -0.39 is 0 Å². The summed E-state index contributed by atoms with van der Waals surface area (Å²) < 4.78 is 7.04. The van der Waals surface area contributed by atoms with Crippen molar-refractivity contribution >= 4 is 65.4 Å². The van der Waals surface area contributed by atoms with Crippen LogP contribution in [0.25, 0.3) is 93.9 Å². The fourth-order valence-corrected chi connectivity index (χ4v) is 8.64. The fourth-order valence-electron chi connectivity index (χ4n) is 8.64. The minimum atomic E-state index is 0.487. The Morgan fingerprint density at radius 1 is 0.400 bits per heavy atom. The van der Waals surface area contributed by atoms with Gasteiger partial charge in [0.15, 0.2) is 5.82 Å². The Labute approximate surface area is 315 Å². The molecule has 0 aliphatic rings. The van der Waals surface area contributed by atoms with Crippen LogP contribution in [-0.4, -0.2) is 28.7 Å². The van der Waals surface area contributed by atoms with Crippen LogP contribution in [0.1, 0.15) is 17.2 Å². The standard InChI is InChI=1S/C48H31N7/c1-29-50-30(2)52-48(51-29)41-25-32(20-19-31(41)28-49)55-46-26-33(53-42-15-7-3-11-35(42)36-12-4-8-16-43(36)53)21-23-39(46)40-24-22-34(27-47(40)55)54-44-17-9-5-13-37(44)38-14-6-10-18-45(38)54/h3-27H,1-2H3. The lowest BCUT2D eigenvalue weighted by molar-refractivity contribution is 0.927. The summed E-state index contributed by atoms with van der Waals surface area (Å²) in [6.07, 6.45) is 0. The largest absolute Gasteiger partial charge is 0.309 e. The maximum absolute atomic E-state index is 10.3. The van der Waals surface area contributed by atoms with E-state index in [2.05, 4.69) is 168 Å². The van der Waals surface area contributed by atoms with Gasteiger partial charge in [-0.05, 0) is 80.6 Å². The molecule has 0 atom stereocenters. The molecule has 11 rings (SSSR count). The lowest BCUT2D eigenvalue weighted by atomic mass is 10.1. The second kappa shape index (κ2) is 11.7. The SMILES string of the molecule is Cc1nc(C)nc(-c2cc(-n3c4cc(-n5c6ccccc6c6ccccc65)ccc4c4ccc(-n5c6ccccc6c6ccccc65)cc43)ccc2C#N)n1. The first-order valence-corrected chi connectivity index (χ1v) is 18.4. The maximum Gasteiger partial charge on any atom is 0.164 e. The van der Waals surface area contributed by atoms with Crippen molar-refractivity contribution in [3.05, 3.63) is 169 Å². The molecule has 0 fully saturated rings. The lowest BCUT2D eigenvalue weighted by Gasteiger charge is -2.14. The van der Waals surface area contributed by atoms with Gasteiger partial charge in [0.1, 0.15) is 11.6 Å². The van der Waals surface area contributed by atoms with E-state index in [1.54, 1.807) is 0 Å². The van der Waals surface area contributed by atoms with E-state index in [4.69, 9.17) is 0 Å². The number of aryl methyl sites for hydroxylation is 2. The second-order valence-corrected chi connectivity index (χ2v) is 14.1. The van der Waals surface area contributed by atoms with Crippen molar-refractivity contribution in [3.63, 3.8) is 0 Å². The Bertz CT molecular complexity index is 3130. The predicted octanol–water partition coefficient (Wildman–Crippen LogP) is 11.3. The average molecular weight is 706 g/mol. The van der Waals surface area contributed by atoms with Crippen LogP contribution in [0.2, 0.25) is 0 Å². The molecule has 0 unspecified atom stereocenters. The van der Waals surface area contributed by atoms with Gasteiger partial charge in [-0.15, -0.1) is 0 Å². The van der Waals surface area contributed by atoms with Gasteiger partial charge in [0, 0.05) is 54.9 Å². The molecule has 11 aromatic rings. The third-order valence-electron chi connectivity index (χ3n) is 10.9. The quantitative estimate of drug-likeness (QED) is 0.183. The monoisotopic (exact) mass is 705 g/mol. The van der Waals surface area contributed by atoms with Gasteiger partial charge in [-0.3, -0.25) is 0 Å². The number of nitrogens with zero attached hydrogens (tertiary/aromatic N) is 7. The summed E-state index contributed by atoms with van der Waals surface area (Å²) in [5.41, 5.74) is 10.9. The summed E-state index contributed by atoms with van der Waals surface area (Å²) >= 11 is 0. The summed E-state index contributed by atoms with van der Waals surface area (Å²) in [6.45, 7) is 3.71. The molecule has 0 amide bonds. The highest BCUT2D eigenvalue weighted by molar-refractivity contribution is 6.13. The molecule has 4 aromatic heterocycles. The van der Waals surface area contributed by atoms with E-state index in [0.717, 1.165) is 60.9 Å². The van der Waals surface area contributed by atoms with Gasteiger partial charge in [-0.25, -0.2) is 15.0 Å². The molecule has 7 nitrogen and oxygen atoms in total. The van der Waals surface area contributed by atoms with Crippen molar-refractivity contribution in [3.8, 4) is 34.5 Å². The number of hydrogen-bond acceptors (Lipinski definition) is 4. The third kappa shape index (κ3) is 4.58. The topological polar surface area (TPSA) is 77.2 Å². The van der Waals surface area contributed by atoms with Gasteiger partial charge < -0.3 is 13.7 Å². The van der Waals surface area contributed by atoms with E-state index in [1.807, 2.05) is 32.0 Å². The number of benzene rings is 7. The number of fused-ring (bicyclic) bond motifs is 9. The molecule has 55 heavy (non-hydrogen) atoms. The van der Waals surface area contributed by atoms with Gasteiger partial charge in [0.25, 0.3) is 0 Å². The van der Waals surface area contributed by atoms with Crippen LogP contribution >= 0.6 is 0 Å². The summed E-state index contributed by atoms with van der Waals surface area (Å²) in [5, 5.41) is 17.4. The third-order valence-corrected chi connectivity index (χ3v) is 10.9. The molecule has 0 aliphatic carbocycles. The van der Waals surface area contributed by atoms with Crippen molar-refractivity contribution in [2.24, 2.45) is 0 Å². The molecule has 0 bridgehead atoms. The Hall–Kier alpha value is -7.56. The van der Waals surface area contributed by atoms with Crippen molar-refractivity contribution in [2.75, 3.05) is 0 Å². The van der Waals surface area contributed by atoms with Crippen molar-refractivity contribution in [2.45, 2.75) is 13.8 Å². The van der Waals surface area contributed by atoms with E-state index in [1.165, 1.54) is 21.5 Å². The van der Waals surface area contributed by atoms with Gasteiger partial charge >= 0.3 is 0 Å². The van der Waals surface area contributed by atoms with E-state index in [9.17, 15) is 5.26 Å². The second-order valence-electron chi connectivity index (χ2n) is 14.1. The Morgan fingerprint density at radius 2 is 0.764 bits per heavy atom. The highest BCUT2D eigenvalue weighted by atomic mass is 15.0. The van der Waals surface area contributed by atoms with Crippen LogP contribution in [0, 0.1) is 25.2 Å².